The number of carbonyl (C=O) groups excluding carboxylic acids is 1. The highest BCUT2D eigenvalue weighted by Crippen LogP contribution is 2.09. The fraction of sp³-hybridized carbons (Fsp3) is 0.875. The van der Waals surface area contributed by atoms with Gasteiger partial charge in [0.05, 0.1) is 0 Å². The van der Waals surface area contributed by atoms with Gasteiger partial charge in [-0.15, -0.1) is 0 Å². The Hall–Kier alpha value is -0.570. The first-order valence-corrected chi connectivity index (χ1v) is 4.16. The van der Waals surface area contributed by atoms with Crippen molar-refractivity contribution in [3.05, 3.63) is 0 Å². The summed E-state index contributed by atoms with van der Waals surface area (Å²) in [4.78, 5) is 12.8. The number of likely N-dealkylation sites (tertiary alicyclic amines) is 1. The SMILES string of the molecule is CC([O])C(=O)N1CCCCC1. The zero-order valence-electron chi connectivity index (χ0n) is 6.88. The molecule has 1 amide bonds. The largest absolute Gasteiger partial charge is 0.340 e. The number of hydrogen-bond acceptors (Lipinski definition) is 1. The van der Waals surface area contributed by atoms with Crippen LogP contribution in [0.5, 0.6) is 0 Å². The van der Waals surface area contributed by atoms with E-state index < -0.39 is 6.10 Å². The van der Waals surface area contributed by atoms with Crippen LogP contribution < -0.4 is 0 Å². The van der Waals surface area contributed by atoms with Crippen LogP contribution in [-0.4, -0.2) is 30.0 Å². The summed E-state index contributed by atoms with van der Waals surface area (Å²) < 4.78 is 0. The highest BCUT2D eigenvalue weighted by atomic mass is 16.3. The number of amides is 1. The molecule has 3 heteroatoms. The van der Waals surface area contributed by atoms with E-state index in [9.17, 15) is 9.90 Å². The molecule has 0 aromatic heterocycles. The van der Waals surface area contributed by atoms with Gasteiger partial charge in [0.2, 0.25) is 0 Å². The third-order valence-corrected chi connectivity index (χ3v) is 2.02. The predicted molar refractivity (Wildman–Crippen MR) is 40.6 cm³/mol. The lowest BCUT2D eigenvalue weighted by Gasteiger charge is -2.27. The number of piperidine rings is 1. The van der Waals surface area contributed by atoms with Crippen LogP contribution in [-0.2, 0) is 9.90 Å². The smallest absolute Gasteiger partial charge is 0.254 e. The van der Waals surface area contributed by atoms with E-state index in [1.54, 1.807) is 4.90 Å². The first-order chi connectivity index (χ1) is 5.22. The van der Waals surface area contributed by atoms with Gasteiger partial charge in [0.15, 0.2) is 6.10 Å². The molecule has 1 radical (unpaired) electrons. The molecule has 0 bridgehead atoms. The minimum Gasteiger partial charge on any atom is -0.340 e. The fourth-order valence-electron chi connectivity index (χ4n) is 1.37. The lowest BCUT2D eigenvalue weighted by atomic mass is 10.1. The van der Waals surface area contributed by atoms with Crippen molar-refractivity contribution in [1.82, 2.24) is 4.90 Å². The molecule has 0 spiro atoms. The lowest BCUT2D eigenvalue weighted by Crippen LogP contribution is -2.40. The Kier molecular flexibility index (Phi) is 2.88. The van der Waals surface area contributed by atoms with Crippen LogP contribution in [0, 0.1) is 0 Å². The van der Waals surface area contributed by atoms with Crippen molar-refractivity contribution in [2.75, 3.05) is 13.1 Å². The minimum absolute atomic E-state index is 0.232. The summed E-state index contributed by atoms with van der Waals surface area (Å²) in [5.41, 5.74) is 0. The van der Waals surface area contributed by atoms with E-state index in [2.05, 4.69) is 0 Å². The van der Waals surface area contributed by atoms with Gasteiger partial charge >= 0.3 is 0 Å². The van der Waals surface area contributed by atoms with Crippen molar-refractivity contribution >= 4 is 5.91 Å². The quantitative estimate of drug-likeness (QED) is 0.554. The summed E-state index contributed by atoms with van der Waals surface area (Å²) in [6.45, 7) is 2.98. The zero-order valence-corrected chi connectivity index (χ0v) is 6.88. The fourth-order valence-corrected chi connectivity index (χ4v) is 1.37. The average Bonchev–Trinajstić information content (AvgIpc) is 2.05. The Morgan fingerprint density at radius 3 is 2.27 bits per heavy atom. The number of hydrogen-bond donors (Lipinski definition) is 0. The van der Waals surface area contributed by atoms with Crippen LogP contribution in [0.25, 0.3) is 0 Å². The Labute approximate surface area is 67.0 Å². The molecule has 11 heavy (non-hydrogen) atoms. The predicted octanol–water partition coefficient (Wildman–Crippen LogP) is 0.818. The van der Waals surface area contributed by atoms with Crippen LogP contribution in [0.15, 0.2) is 0 Å². The summed E-state index contributed by atoms with van der Waals surface area (Å²) in [5.74, 6) is -0.232. The molecule has 0 saturated carbocycles. The maximum atomic E-state index is 11.1. The molecule has 0 aromatic rings. The van der Waals surface area contributed by atoms with Crippen molar-refractivity contribution in [2.45, 2.75) is 32.3 Å². The van der Waals surface area contributed by atoms with Crippen LogP contribution in [0.3, 0.4) is 0 Å². The van der Waals surface area contributed by atoms with Gasteiger partial charge in [0, 0.05) is 13.1 Å². The zero-order chi connectivity index (χ0) is 8.27. The molecular weight excluding hydrogens is 142 g/mol. The van der Waals surface area contributed by atoms with E-state index in [4.69, 9.17) is 0 Å². The third kappa shape index (κ3) is 2.19. The molecule has 3 nitrogen and oxygen atoms in total. The second-order valence-electron chi connectivity index (χ2n) is 3.03. The molecule has 1 aliphatic heterocycles. The Bertz CT molecular complexity index is 139. The van der Waals surface area contributed by atoms with Gasteiger partial charge in [-0.3, -0.25) is 4.79 Å². The molecule has 1 aliphatic rings. The topological polar surface area (TPSA) is 40.2 Å². The summed E-state index contributed by atoms with van der Waals surface area (Å²) in [6, 6.07) is 0. The van der Waals surface area contributed by atoms with Gasteiger partial charge in [-0.1, -0.05) is 0 Å². The Morgan fingerprint density at radius 2 is 1.82 bits per heavy atom. The lowest BCUT2D eigenvalue weighted by molar-refractivity contribution is -0.143. The maximum absolute atomic E-state index is 11.1. The van der Waals surface area contributed by atoms with Crippen molar-refractivity contribution < 1.29 is 9.90 Å². The Balaban J connectivity index is 2.39. The highest BCUT2D eigenvalue weighted by Gasteiger charge is 2.20. The summed E-state index contributed by atoms with van der Waals surface area (Å²) in [6.07, 6.45) is 2.22. The summed E-state index contributed by atoms with van der Waals surface area (Å²) in [5, 5.41) is 10.7. The number of rotatable bonds is 1. The Morgan fingerprint density at radius 1 is 1.27 bits per heavy atom. The third-order valence-electron chi connectivity index (χ3n) is 2.02. The van der Waals surface area contributed by atoms with Crippen molar-refractivity contribution in [3.63, 3.8) is 0 Å². The van der Waals surface area contributed by atoms with Crippen LogP contribution in [0.1, 0.15) is 26.2 Å². The molecule has 1 unspecified atom stereocenters. The van der Waals surface area contributed by atoms with Crippen molar-refractivity contribution in [2.24, 2.45) is 0 Å². The van der Waals surface area contributed by atoms with Gasteiger partial charge < -0.3 is 4.90 Å². The van der Waals surface area contributed by atoms with Gasteiger partial charge in [-0.25, -0.2) is 5.11 Å². The van der Waals surface area contributed by atoms with Crippen molar-refractivity contribution in [3.8, 4) is 0 Å². The number of carbonyl (C=O) groups is 1. The maximum Gasteiger partial charge on any atom is 0.254 e. The minimum atomic E-state index is -1.08. The van der Waals surface area contributed by atoms with Gasteiger partial charge in [0.25, 0.3) is 5.91 Å². The second kappa shape index (κ2) is 3.72. The molecular formula is C8H14NO2. The van der Waals surface area contributed by atoms with Gasteiger partial charge in [0.1, 0.15) is 0 Å². The average molecular weight is 156 g/mol. The molecule has 1 atom stereocenters. The highest BCUT2D eigenvalue weighted by molar-refractivity contribution is 5.80. The molecule has 63 valence electrons. The van der Waals surface area contributed by atoms with E-state index in [1.807, 2.05) is 0 Å². The molecule has 0 aliphatic carbocycles. The molecule has 1 heterocycles. The number of nitrogens with zero attached hydrogens (tertiary/aromatic N) is 1. The van der Waals surface area contributed by atoms with Crippen LogP contribution in [0.2, 0.25) is 0 Å². The second-order valence-corrected chi connectivity index (χ2v) is 3.03. The monoisotopic (exact) mass is 156 g/mol. The molecule has 1 fully saturated rings. The summed E-state index contributed by atoms with van der Waals surface area (Å²) >= 11 is 0. The summed E-state index contributed by atoms with van der Waals surface area (Å²) in [7, 11) is 0. The molecule has 0 aromatic carbocycles. The van der Waals surface area contributed by atoms with E-state index in [1.165, 1.54) is 13.3 Å². The van der Waals surface area contributed by atoms with Crippen LogP contribution >= 0.6 is 0 Å². The van der Waals surface area contributed by atoms with E-state index in [0.717, 1.165) is 25.9 Å². The van der Waals surface area contributed by atoms with Crippen LogP contribution in [0.4, 0.5) is 0 Å². The van der Waals surface area contributed by atoms with Gasteiger partial charge in [-0.05, 0) is 26.2 Å². The first-order valence-electron chi connectivity index (χ1n) is 4.16. The van der Waals surface area contributed by atoms with Crippen molar-refractivity contribution in [1.29, 1.82) is 0 Å². The first kappa shape index (κ1) is 8.53. The molecule has 1 saturated heterocycles. The van der Waals surface area contributed by atoms with E-state index >= 15 is 0 Å². The standard InChI is InChI=1S/C8H14NO2/c1-7(10)8(11)9-5-3-2-4-6-9/h7H,2-6H2,1H3. The van der Waals surface area contributed by atoms with Gasteiger partial charge in [-0.2, -0.15) is 0 Å². The normalized spacial score (nSPS) is 21.5. The van der Waals surface area contributed by atoms with E-state index in [-0.39, 0.29) is 5.91 Å². The van der Waals surface area contributed by atoms with E-state index in [0.29, 0.717) is 0 Å². The molecule has 1 rings (SSSR count). The molecule has 0 N–H and O–H groups in total.